The number of hydrogen-bond acceptors (Lipinski definition) is 6. The van der Waals surface area contributed by atoms with Gasteiger partial charge in [0.05, 0.1) is 29.5 Å². The molecule has 33 heavy (non-hydrogen) atoms. The minimum absolute atomic E-state index is 0.135. The molecule has 2 fully saturated rings. The molecule has 0 spiro atoms. The van der Waals surface area contributed by atoms with Gasteiger partial charge in [-0.25, -0.2) is 4.68 Å². The van der Waals surface area contributed by atoms with E-state index in [9.17, 15) is 5.26 Å². The molecule has 4 heterocycles. The number of ether oxygens (including phenoxy) is 2. The molecule has 1 aromatic carbocycles. The minimum atomic E-state index is 0.135. The molecule has 5 rings (SSSR count). The van der Waals surface area contributed by atoms with E-state index in [1.54, 1.807) is 16.8 Å². The Morgan fingerprint density at radius 1 is 1.15 bits per heavy atom. The van der Waals surface area contributed by atoms with Crippen LogP contribution in [0.2, 0.25) is 0 Å². The summed E-state index contributed by atoms with van der Waals surface area (Å²) >= 11 is 0. The molecule has 0 aliphatic carbocycles. The zero-order valence-corrected chi connectivity index (χ0v) is 19.2. The summed E-state index contributed by atoms with van der Waals surface area (Å²) in [5.74, 6) is 2.16. The predicted molar refractivity (Wildman–Crippen MR) is 126 cm³/mol. The van der Waals surface area contributed by atoms with E-state index < -0.39 is 0 Å². The van der Waals surface area contributed by atoms with Crippen molar-refractivity contribution < 1.29 is 9.47 Å². The van der Waals surface area contributed by atoms with Gasteiger partial charge in [0.2, 0.25) is 5.88 Å². The highest BCUT2D eigenvalue weighted by Crippen LogP contribution is 2.38. The van der Waals surface area contributed by atoms with Crippen molar-refractivity contribution >= 4 is 5.82 Å². The van der Waals surface area contributed by atoms with Crippen LogP contribution in [0, 0.1) is 11.3 Å². The molecule has 3 aromatic rings. The zero-order chi connectivity index (χ0) is 22.8. The lowest BCUT2D eigenvalue weighted by molar-refractivity contribution is -0.128. The first-order chi connectivity index (χ1) is 16.1. The number of piperidine rings is 1. The lowest BCUT2D eigenvalue weighted by atomic mass is 9.97. The summed E-state index contributed by atoms with van der Waals surface area (Å²) in [5.41, 5.74) is 3.26. The van der Waals surface area contributed by atoms with Gasteiger partial charge in [-0.2, -0.15) is 10.4 Å². The predicted octanol–water partition coefficient (Wildman–Crippen LogP) is 5.38. The van der Waals surface area contributed by atoms with Crippen molar-refractivity contribution in [1.82, 2.24) is 14.8 Å². The van der Waals surface area contributed by atoms with Gasteiger partial charge in [0, 0.05) is 44.4 Å². The Bertz CT molecular complexity index is 1150. The number of hydrogen-bond donors (Lipinski definition) is 0. The average Bonchev–Trinajstić information content (AvgIpc) is 3.19. The van der Waals surface area contributed by atoms with Gasteiger partial charge in [0.15, 0.2) is 5.82 Å². The van der Waals surface area contributed by atoms with Gasteiger partial charge in [-0.3, -0.25) is 4.98 Å². The molecular weight excluding hydrogens is 414 g/mol. The summed E-state index contributed by atoms with van der Waals surface area (Å²) in [6.07, 6.45) is 8.12. The number of benzene rings is 1. The maximum Gasteiger partial charge on any atom is 0.219 e. The first-order valence-electron chi connectivity index (χ1n) is 11.8. The van der Waals surface area contributed by atoms with Crippen molar-refractivity contribution in [2.24, 2.45) is 7.05 Å². The van der Waals surface area contributed by atoms with Crippen molar-refractivity contribution in [2.75, 3.05) is 18.0 Å². The van der Waals surface area contributed by atoms with Crippen LogP contribution in [0.3, 0.4) is 0 Å². The number of aryl methyl sites for hydroxylation is 1. The first kappa shape index (κ1) is 21.5. The Morgan fingerprint density at radius 3 is 2.67 bits per heavy atom. The summed E-state index contributed by atoms with van der Waals surface area (Å²) in [4.78, 5) is 6.99. The Hall–Kier alpha value is -3.37. The number of nitriles is 1. The van der Waals surface area contributed by atoms with E-state index in [-0.39, 0.29) is 6.10 Å². The lowest BCUT2D eigenvalue weighted by Gasteiger charge is -2.35. The average molecular weight is 444 g/mol. The Morgan fingerprint density at radius 2 is 1.97 bits per heavy atom. The third-order valence-electron chi connectivity index (χ3n) is 6.55. The molecule has 170 valence electrons. The van der Waals surface area contributed by atoms with Gasteiger partial charge < -0.3 is 14.4 Å². The van der Waals surface area contributed by atoms with Crippen molar-refractivity contribution in [2.45, 2.75) is 51.2 Å². The molecule has 2 aromatic heterocycles. The summed E-state index contributed by atoms with van der Waals surface area (Å²) in [6.45, 7) is 4.18. The van der Waals surface area contributed by atoms with Gasteiger partial charge in [0.25, 0.3) is 0 Å². The smallest absolute Gasteiger partial charge is 0.219 e. The highest BCUT2D eigenvalue weighted by molar-refractivity contribution is 5.69. The standard InChI is InChI=1S/C26H29N5O2/c1-3-20-14-23(32-20)19-8-10-22(28-17-19)21-9-7-18(16-27)13-24(21)33-26-15-25(29-30(26)2)31-11-5-4-6-12-31/h7-10,13,15,17,20,23H,3-6,11-12,14H2,1-2H3/t20?,23-/m1/s1. The SMILES string of the molecule is CCC1C[C@H](c2ccc(-c3ccc(C#N)cc3Oc3cc(N4CCCCC4)nn3C)nc2)O1. The molecule has 2 aliphatic rings. The van der Waals surface area contributed by atoms with E-state index >= 15 is 0 Å². The van der Waals surface area contributed by atoms with Gasteiger partial charge in [-0.05, 0) is 55.5 Å². The molecule has 0 bridgehead atoms. The number of aromatic nitrogens is 3. The Kier molecular flexibility index (Phi) is 6.01. The molecule has 7 heteroatoms. The largest absolute Gasteiger partial charge is 0.438 e. The van der Waals surface area contributed by atoms with Crippen LogP contribution < -0.4 is 9.64 Å². The number of nitrogens with zero attached hydrogens (tertiary/aromatic N) is 5. The summed E-state index contributed by atoms with van der Waals surface area (Å²) in [7, 11) is 1.88. The van der Waals surface area contributed by atoms with Crippen molar-refractivity contribution in [3.63, 3.8) is 0 Å². The fourth-order valence-electron chi connectivity index (χ4n) is 4.50. The van der Waals surface area contributed by atoms with Crippen LogP contribution in [0.4, 0.5) is 5.82 Å². The van der Waals surface area contributed by atoms with Crippen LogP contribution >= 0.6 is 0 Å². The van der Waals surface area contributed by atoms with Crippen LogP contribution in [0.1, 0.15) is 56.3 Å². The van der Waals surface area contributed by atoms with Crippen LogP contribution in [0.5, 0.6) is 11.6 Å². The molecule has 2 saturated heterocycles. The van der Waals surface area contributed by atoms with Crippen LogP contribution in [0.15, 0.2) is 42.6 Å². The number of anilines is 1. The van der Waals surface area contributed by atoms with E-state index in [1.165, 1.54) is 19.3 Å². The number of pyridine rings is 1. The Labute approximate surface area is 194 Å². The summed E-state index contributed by atoms with van der Waals surface area (Å²) in [6, 6.07) is 13.7. The molecule has 0 saturated carbocycles. The topological polar surface area (TPSA) is 76.2 Å². The molecular formula is C26H29N5O2. The first-order valence-corrected chi connectivity index (χ1v) is 11.8. The quantitative estimate of drug-likeness (QED) is 0.509. The summed E-state index contributed by atoms with van der Waals surface area (Å²) in [5, 5.41) is 14.1. The summed E-state index contributed by atoms with van der Waals surface area (Å²) < 4.78 is 14.0. The van der Waals surface area contributed by atoms with Crippen molar-refractivity contribution in [3.8, 4) is 29.0 Å². The van der Waals surface area contributed by atoms with E-state index in [2.05, 4.69) is 34.0 Å². The van der Waals surface area contributed by atoms with E-state index in [1.807, 2.05) is 31.4 Å². The molecule has 2 aliphatic heterocycles. The minimum Gasteiger partial charge on any atom is -0.438 e. The maximum absolute atomic E-state index is 9.43. The third kappa shape index (κ3) is 4.44. The third-order valence-corrected chi connectivity index (χ3v) is 6.55. The fraction of sp³-hybridized carbons (Fsp3) is 0.423. The lowest BCUT2D eigenvalue weighted by Crippen LogP contribution is -2.30. The van der Waals surface area contributed by atoms with Crippen molar-refractivity contribution in [3.05, 3.63) is 53.7 Å². The van der Waals surface area contributed by atoms with Crippen LogP contribution in [-0.4, -0.2) is 34.0 Å². The molecule has 0 N–H and O–H groups in total. The fourth-order valence-corrected chi connectivity index (χ4v) is 4.50. The van der Waals surface area contributed by atoms with E-state index in [0.717, 1.165) is 48.6 Å². The molecule has 2 atom stereocenters. The molecule has 7 nitrogen and oxygen atoms in total. The van der Waals surface area contributed by atoms with Gasteiger partial charge >= 0.3 is 0 Å². The maximum atomic E-state index is 9.43. The monoisotopic (exact) mass is 443 g/mol. The Balaban J connectivity index is 1.40. The number of rotatable bonds is 6. The van der Waals surface area contributed by atoms with Crippen LogP contribution in [0.25, 0.3) is 11.3 Å². The highest BCUT2D eigenvalue weighted by atomic mass is 16.5. The van der Waals surface area contributed by atoms with E-state index in [4.69, 9.17) is 9.47 Å². The van der Waals surface area contributed by atoms with Crippen LogP contribution in [-0.2, 0) is 11.8 Å². The van der Waals surface area contributed by atoms with Gasteiger partial charge in [0.1, 0.15) is 5.75 Å². The van der Waals surface area contributed by atoms with Gasteiger partial charge in [-0.1, -0.05) is 13.0 Å². The van der Waals surface area contributed by atoms with Crippen molar-refractivity contribution in [1.29, 1.82) is 5.26 Å². The molecule has 0 radical (unpaired) electrons. The normalized spacial score (nSPS) is 20.2. The molecule has 1 unspecified atom stereocenters. The second kappa shape index (κ2) is 9.24. The molecule has 0 amide bonds. The van der Waals surface area contributed by atoms with E-state index in [0.29, 0.717) is 23.3 Å². The highest BCUT2D eigenvalue weighted by Gasteiger charge is 2.30. The second-order valence-corrected chi connectivity index (χ2v) is 8.80. The zero-order valence-electron chi connectivity index (χ0n) is 19.2. The second-order valence-electron chi connectivity index (χ2n) is 8.80. The van der Waals surface area contributed by atoms with Gasteiger partial charge in [-0.15, -0.1) is 0 Å².